The molecule has 0 aliphatic rings. The molecule has 2 aromatic carbocycles. The maximum absolute atomic E-state index is 4.03. The van der Waals surface area contributed by atoms with Crippen LogP contribution in [0.5, 0.6) is 0 Å². The summed E-state index contributed by atoms with van der Waals surface area (Å²) in [6, 6.07) is 14.2. The monoisotopic (exact) mass is 222 g/mol. The maximum atomic E-state index is 4.03. The second kappa shape index (κ2) is 3.90. The minimum atomic E-state index is 0.557. The number of hydrogen-bond donors (Lipinski definition) is 0. The molecule has 17 heavy (non-hydrogen) atoms. The van der Waals surface area contributed by atoms with Crippen LogP contribution in [0.2, 0.25) is 0 Å². The predicted molar refractivity (Wildman–Crippen MR) is 65.3 cm³/mol. The molecule has 0 atom stereocenters. The van der Waals surface area contributed by atoms with Gasteiger partial charge in [-0.2, -0.15) is 0 Å². The lowest BCUT2D eigenvalue weighted by atomic mass is 10.1. The summed E-state index contributed by atoms with van der Waals surface area (Å²) in [5.41, 5.74) is 0.934. The van der Waals surface area contributed by atoms with Crippen LogP contribution in [0.1, 0.15) is 5.82 Å². The van der Waals surface area contributed by atoms with E-state index in [1.165, 1.54) is 5.39 Å². The molecule has 0 unspecified atom stereocenters. The topological polar surface area (TPSA) is 51.6 Å². The number of hydrogen-bond acceptors (Lipinski definition) is 4. The molecule has 3 aromatic rings. The van der Waals surface area contributed by atoms with Crippen LogP contribution < -0.4 is 0 Å². The van der Waals surface area contributed by atoms with Gasteiger partial charge in [-0.05, 0) is 23.8 Å². The molecule has 0 amide bonds. The zero-order valence-electron chi connectivity index (χ0n) is 9.33. The summed E-state index contributed by atoms with van der Waals surface area (Å²) in [5, 5.41) is 18.2. The number of aromatic nitrogens is 4. The summed E-state index contributed by atoms with van der Waals surface area (Å²) < 4.78 is 0. The molecule has 0 bridgehead atoms. The number of fused-ring (bicyclic) bond motifs is 1. The molecule has 3 rings (SSSR count). The Morgan fingerprint density at radius 2 is 1.47 bits per heavy atom. The molecular formula is C13H10N4. The van der Waals surface area contributed by atoms with Crippen molar-refractivity contribution in [3.05, 3.63) is 48.3 Å². The standard InChI is InChI=1S/C13H10N4/c1-9-14-16-13(17-15-9)12-7-6-10-4-2-3-5-11(10)8-12/h2-8H,1H3. The van der Waals surface area contributed by atoms with E-state index in [1.54, 1.807) is 6.92 Å². The van der Waals surface area contributed by atoms with Crippen molar-refractivity contribution in [2.45, 2.75) is 6.92 Å². The lowest BCUT2D eigenvalue weighted by molar-refractivity contribution is 0.816. The molecule has 82 valence electrons. The van der Waals surface area contributed by atoms with Crippen molar-refractivity contribution in [3.8, 4) is 11.4 Å². The Hall–Kier alpha value is -2.36. The van der Waals surface area contributed by atoms with Crippen LogP contribution in [-0.4, -0.2) is 20.4 Å². The summed E-state index contributed by atoms with van der Waals surface area (Å²) in [4.78, 5) is 0. The van der Waals surface area contributed by atoms with Crippen molar-refractivity contribution in [1.82, 2.24) is 20.4 Å². The molecule has 1 heterocycles. The first kappa shape index (κ1) is 9.84. The molecule has 0 radical (unpaired) electrons. The van der Waals surface area contributed by atoms with E-state index in [0.717, 1.165) is 10.9 Å². The van der Waals surface area contributed by atoms with E-state index in [0.29, 0.717) is 11.6 Å². The highest BCUT2D eigenvalue weighted by molar-refractivity contribution is 5.86. The minimum Gasteiger partial charge on any atom is -0.131 e. The first-order valence-corrected chi connectivity index (χ1v) is 5.36. The molecule has 0 spiro atoms. The Labute approximate surface area is 98.4 Å². The molecule has 0 aliphatic heterocycles. The lowest BCUT2D eigenvalue weighted by Crippen LogP contribution is -1.98. The van der Waals surface area contributed by atoms with Gasteiger partial charge >= 0.3 is 0 Å². The zero-order chi connectivity index (χ0) is 11.7. The Morgan fingerprint density at radius 3 is 2.24 bits per heavy atom. The molecule has 4 nitrogen and oxygen atoms in total. The molecule has 0 saturated heterocycles. The van der Waals surface area contributed by atoms with Gasteiger partial charge in [0.1, 0.15) is 0 Å². The highest BCUT2D eigenvalue weighted by atomic mass is 15.3. The first-order chi connectivity index (χ1) is 8.33. The second-order valence-corrected chi connectivity index (χ2v) is 3.83. The fraction of sp³-hybridized carbons (Fsp3) is 0.0769. The number of rotatable bonds is 1. The van der Waals surface area contributed by atoms with Crippen LogP contribution in [0.3, 0.4) is 0 Å². The molecule has 0 fully saturated rings. The number of aryl methyl sites for hydroxylation is 1. The summed E-state index contributed by atoms with van der Waals surface area (Å²) in [6.07, 6.45) is 0. The van der Waals surface area contributed by atoms with Gasteiger partial charge in [0.2, 0.25) is 5.82 Å². The van der Waals surface area contributed by atoms with Crippen LogP contribution in [0.25, 0.3) is 22.2 Å². The fourth-order valence-electron chi connectivity index (χ4n) is 1.72. The van der Waals surface area contributed by atoms with Gasteiger partial charge in [0.25, 0.3) is 0 Å². The minimum absolute atomic E-state index is 0.557. The van der Waals surface area contributed by atoms with Gasteiger partial charge in [-0.3, -0.25) is 0 Å². The molecule has 0 saturated carbocycles. The van der Waals surface area contributed by atoms with Crippen LogP contribution in [0, 0.1) is 6.92 Å². The quantitative estimate of drug-likeness (QED) is 0.634. The van der Waals surface area contributed by atoms with Gasteiger partial charge < -0.3 is 0 Å². The SMILES string of the molecule is Cc1nnc(-c2ccc3ccccc3c2)nn1. The Morgan fingerprint density at radius 1 is 0.765 bits per heavy atom. The van der Waals surface area contributed by atoms with Crippen LogP contribution in [0.4, 0.5) is 0 Å². The largest absolute Gasteiger partial charge is 0.203 e. The van der Waals surface area contributed by atoms with E-state index in [9.17, 15) is 0 Å². The lowest BCUT2D eigenvalue weighted by Gasteiger charge is -2.01. The van der Waals surface area contributed by atoms with Crippen LogP contribution in [-0.2, 0) is 0 Å². The van der Waals surface area contributed by atoms with Crippen molar-refractivity contribution in [1.29, 1.82) is 0 Å². The number of benzene rings is 2. The molecular weight excluding hydrogens is 212 g/mol. The van der Waals surface area contributed by atoms with E-state index in [-0.39, 0.29) is 0 Å². The van der Waals surface area contributed by atoms with Crippen molar-refractivity contribution in [2.24, 2.45) is 0 Å². The van der Waals surface area contributed by atoms with Gasteiger partial charge in [-0.15, -0.1) is 20.4 Å². The maximum Gasteiger partial charge on any atom is 0.203 e. The summed E-state index contributed by atoms with van der Waals surface area (Å²) in [7, 11) is 0. The fourth-order valence-corrected chi connectivity index (χ4v) is 1.72. The third-order valence-electron chi connectivity index (χ3n) is 2.59. The van der Waals surface area contributed by atoms with E-state index >= 15 is 0 Å². The van der Waals surface area contributed by atoms with E-state index in [1.807, 2.05) is 30.3 Å². The van der Waals surface area contributed by atoms with Gasteiger partial charge in [0.05, 0.1) is 0 Å². The number of nitrogens with zero attached hydrogens (tertiary/aromatic N) is 4. The average molecular weight is 222 g/mol. The van der Waals surface area contributed by atoms with Crippen LogP contribution in [0.15, 0.2) is 42.5 Å². The van der Waals surface area contributed by atoms with E-state index in [4.69, 9.17) is 0 Å². The highest BCUT2D eigenvalue weighted by Crippen LogP contribution is 2.20. The first-order valence-electron chi connectivity index (χ1n) is 5.36. The van der Waals surface area contributed by atoms with Gasteiger partial charge in [-0.25, -0.2) is 0 Å². The third-order valence-corrected chi connectivity index (χ3v) is 2.59. The summed E-state index contributed by atoms with van der Waals surface area (Å²) in [5.74, 6) is 1.14. The predicted octanol–water partition coefficient (Wildman–Crippen LogP) is 2.40. The highest BCUT2D eigenvalue weighted by Gasteiger charge is 2.03. The van der Waals surface area contributed by atoms with E-state index < -0.39 is 0 Å². The molecule has 1 aromatic heterocycles. The Balaban J connectivity index is 2.14. The van der Waals surface area contributed by atoms with Gasteiger partial charge in [0.15, 0.2) is 5.82 Å². The zero-order valence-corrected chi connectivity index (χ0v) is 9.33. The van der Waals surface area contributed by atoms with Crippen molar-refractivity contribution in [2.75, 3.05) is 0 Å². The van der Waals surface area contributed by atoms with Crippen molar-refractivity contribution >= 4 is 10.8 Å². The Kier molecular flexibility index (Phi) is 2.26. The van der Waals surface area contributed by atoms with Crippen molar-refractivity contribution in [3.63, 3.8) is 0 Å². The second-order valence-electron chi connectivity index (χ2n) is 3.83. The average Bonchev–Trinajstić information content (AvgIpc) is 2.39. The van der Waals surface area contributed by atoms with E-state index in [2.05, 4.69) is 32.5 Å². The van der Waals surface area contributed by atoms with Gasteiger partial charge in [-0.1, -0.05) is 36.4 Å². The van der Waals surface area contributed by atoms with Crippen LogP contribution >= 0.6 is 0 Å². The van der Waals surface area contributed by atoms with Crippen molar-refractivity contribution < 1.29 is 0 Å². The summed E-state index contributed by atoms with van der Waals surface area (Å²) in [6.45, 7) is 1.77. The normalized spacial score (nSPS) is 10.6. The van der Waals surface area contributed by atoms with Gasteiger partial charge in [0, 0.05) is 5.56 Å². The summed E-state index contributed by atoms with van der Waals surface area (Å²) >= 11 is 0. The molecule has 0 aliphatic carbocycles. The molecule has 0 N–H and O–H groups in total. The molecule has 4 heteroatoms. The smallest absolute Gasteiger partial charge is 0.131 e. The Bertz CT molecular complexity index is 662. The third kappa shape index (κ3) is 1.85.